The van der Waals surface area contributed by atoms with Gasteiger partial charge in [0.05, 0.1) is 0 Å². The van der Waals surface area contributed by atoms with E-state index < -0.39 is 45.3 Å². The van der Waals surface area contributed by atoms with Crippen LogP contribution in [-0.4, -0.2) is 50.4 Å². The lowest BCUT2D eigenvalue weighted by Crippen LogP contribution is -2.47. The molecular formula is C21H31FN2O5S. The number of likely N-dealkylation sites (N-methyl/N-ethyl adjacent to an activating group) is 1. The fraction of sp³-hybridized carbons (Fsp3) is 0.619. The standard InChI is InChI=1S/C21H31FN2O5S/c1-4-24(16-10-6-5-7-11-16)19(25)14-29-21(26)20(15(2)3)23-30(27,28)18-13-9-8-12-17(18)22/h8-9,12-13,15-16,20,23H,4-7,10-11,14H2,1-3H3. The molecule has 0 radical (unpaired) electrons. The molecule has 0 spiro atoms. The van der Waals surface area contributed by atoms with Crippen molar-refractivity contribution in [3.8, 4) is 0 Å². The predicted octanol–water partition coefficient (Wildman–Crippen LogP) is 2.85. The molecule has 0 saturated heterocycles. The molecule has 1 fully saturated rings. The molecule has 1 amide bonds. The van der Waals surface area contributed by atoms with Crippen LogP contribution in [0.15, 0.2) is 29.2 Å². The molecule has 1 aromatic carbocycles. The number of halogens is 1. The van der Waals surface area contributed by atoms with Gasteiger partial charge in [-0.2, -0.15) is 4.72 Å². The average molecular weight is 443 g/mol. The number of rotatable bonds is 9. The van der Waals surface area contributed by atoms with E-state index >= 15 is 0 Å². The summed E-state index contributed by atoms with van der Waals surface area (Å²) in [6.07, 6.45) is 5.17. The van der Waals surface area contributed by atoms with E-state index in [9.17, 15) is 22.4 Å². The summed E-state index contributed by atoms with van der Waals surface area (Å²) in [5.41, 5.74) is 0. The molecule has 1 atom stereocenters. The van der Waals surface area contributed by atoms with Crippen LogP contribution in [-0.2, 0) is 24.3 Å². The molecule has 0 heterocycles. The van der Waals surface area contributed by atoms with Gasteiger partial charge in [-0.25, -0.2) is 12.8 Å². The molecule has 0 aliphatic heterocycles. The van der Waals surface area contributed by atoms with Crippen molar-refractivity contribution >= 4 is 21.9 Å². The summed E-state index contributed by atoms with van der Waals surface area (Å²) in [5.74, 6) is -2.54. The monoisotopic (exact) mass is 442 g/mol. The van der Waals surface area contributed by atoms with Crippen molar-refractivity contribution in [3.05, 3.63) is 30.1 Å². The molecule has 30 heavy (non-hydrogen) atoms. The largest absolute Gasteiger partial charge is 0.454 e. The number of sulfonamides is 1. The molecule has 0 aromatic heterocycles. The quantitative estimate of drug-likeness (QED) is 0.594. The van der Waals surface area contributed by atoms with E-state index in [1.165, 1.54) is 12.1 Å². The highest BCUT2D eigenvalue weighted by Gasteiger charge is 2.32. The van der Waals surface area contributed by atoms with Gasteiger partial charge in [-0.3, -0.25) is 9.59 Å². The lowest BCUT2D eigenvalue weighted by Gasteiger charge is -2.33. The number of benzene rings is 1. The van der Waals surface area contributed by atoms with Crippen LogP contribution in [0.3, 0.4) is 0 Å². The Morgan fingerprint density at radius 3 is 2.40 bits per heavy atom. The van der Waals surface area contributed by atoms with Gasteiger partial charge in [-0.15, -0.1) is 0 Å². The summed E-state index contributed by atoms with van der Waals surface area (Å²) in [6, 6.07) is 3.82. The van der Waals surface area contributed by atoms with E-state index in [0.29, 0.717) is 6.54 Å². The van der Waals surface area contributed by atoms with Crippen LogP contribution < -0.4 is 4.72 Å². The first-order valence-corrected chi connectivity index (χ1v) is 11.9. The van der Waals surface area contributed by atoms with Gasteiger partial charge in [0.2, 0.25) is 10.0 Å². The zero-order valence-corrected chi connectivity index (χ0v) is 18.6. The number of hydrogen-bond donors (Lipinski definition) is 1. The van der Waals surface area contributed by atoms with E-state index in [-0.39, 0.29) is 11.9 Å². The normalized spacial score (nSPS) is 16.3. The number of amides is 1. The van der Waals surface area contributed by atoms with Crippen LogP contribution >= 0.6 is 0 Å². The average Bonchev–Trinajstić information content (AvgIpc) is 2.71. The first kappa shape index (κ1) is 24.3. The van der Waals surface area contributed by atoms with Crippen LogP contribution in [0, 0.1) is 11.7 Å². The number of nitrogens with one attached hydrogen (secondary N) is 1. The van der Waals surface area contributed by atoms with Gasteiger partial charge in [0, 0.05) is 12.6 Å². The first-order chi connectivity index (χ1) is 14.2. The Hall–Kier alpha value is -2.00. The predicted molar refractivity (Wildman–Crippen MR) is 111 cm³/mol. The van der Waals surface area contributed by atoms with E-state index in [0.717, 1.165) is 44.2 Å². The number of nitrogens with zero attached hydrogens (tertiary/aromatic N) is 1. The van der Waals surface area contributed by atoms with Crippen LogP contribution in [0.1, 0.15) is 52.9 Å². The first-order valence-electron chi connectivity index (χ1n) is 10.4. The third-order valence-corrected chi connectivity index (χ3v) is 6.82. The highest BCUT2D eigenvalue weighted by atomic mass is 32.2. The smallest absolute Gasteiger partial charge is 0.324 e. The lowest BCUT2D eigenvalue weighted by atomic mass is 9.94. The number of esters is 1. The minimum absolute atomic E-state index is 0.149. The second-order valence-electron chi connectivity index (χ2n) is 7.85. The van der Waals surface area contributed by atoms with E-state index in [2.05, 4.69) is 4.72 Å². The summed E-state index contributed by atoms with van der Waals surface area (Å²) in [4.78, 5) is 26.3. The molecule has 1 aromatic rings. The lowest BCUT2D eigenvalue weighted by molar-refractivity contribution is -0.155. The Morgan fingerprint density at radius 1 is 1.20 bits per heavy atom. The Balaban J connectivity index is 2.03. The third-order valence-electron chi connectivity index (χ3n) is 5.34. The molecule has 1 unspecified atom stereocenters. The van der Waals surface area contributed by atoms with Crippen LogP contribution in [0.2, 0.25) is 0 Å². The fourth-order valence-electron chi connectivity index (χ4n) is 3.69. The maximum absolute atomic E-state index is 13.9. The molecule has 1 aliphatic carbocycles. The topological polar surface area (TPSA) is 92.8 Å². The van der Waals surface area contributed by atoms with Crippen molar-refractivity contribution in [2.45, 2.75) is 69.9 Å². The van der Waals surface area contributed by atoms with Gasteiger partial charge in [0.15, 0.2) is 6.61 Å². The zero-order valence-electron chi connectivity index (χ0n) is 17.8. The van der Waals surface area contributed by atoms with Gasteiger partial charge >= 0.3 is 5.97 Å². The third kappa shape index (κ3) is 6.25. The number of ether oxygens (including phenoxy) is 1. The van der Waals surface area contributed by atoms with E-state index in [4.69, 9.17) is 4.74 Å². The van der Waals surface area contributed by atoms with E-state index in [1.54, 1.807) is 18.7 Å². The van der Waals surface area contributed by atoms with Crippen molar-refractivity contribution in [3.63, 3.8) is 0 Å². The molecule has 1 saturated carbocycles. The highest BCUT2D eigenvalue weighted by molar-refractivity contribution is 7.89. The molecule has 2 rings (SSSR count). The minimum Gasteiger partial charge on any atom is -0.454 e. The van der Waals surface area contributed by atoms with Crippen LogP contribution in [0.25, 0.3) is 0 Å². The summed E-state index contributed by atoms with van der Waals surface area (Å²) < 4.78 is 46.4. The van der Waals surface area contributed by atoms with Gasteiger partial charge in [0.1, 0.15) is 16.8 Å². The molecule has 7 nitrogen and oxygen atoms in total. The summed E-state index contributed by atoms with van der Waals surface area (Å²) in [6.45, 7) is 5.23. The molecular weight excluding hydrogens is 411 g/mol. The Morgan fingerprint density at radius 2 is 1.83 bits per heavy atom. The Labute approximate surface area is 178 Å². The fourth-order valence-corrected chi connectivity index (χ4v) is 5.10. The van der Waals surface area contributed by atoms with Gasteiger partial charge in [-0.1, -0.05) is 45.2 Å². The number of hydrogen-bond acceptors (Lipinski definition) is 5. The van der Waals surface area contributed by atoms with Gasteiger partial charge in [-0.05, 0) is 37.8 Å². The number of carbonyl (C=O) groups is 2. The molecule has 9 heteroatoms. The maximum atomic E-state index is 13.9. The highest BCUT2D eigenvalue weighted by Crippen LogP contribution is 2.22. The van der Waals surface area contributed by atoms with Crippen molar-refractivity contribution in [1.82, 2.24) is 9.62 Å². The van der Waals surface area contributed by atoms with Crippen molar-refractivity contribution < 1.29 is 27.1 Å². The van der Waals surface area contributed by atoms with E-state index in [1.807, 2.05) is 6.92 Å². The van der Waals surface area contributed by atoms with Crippen molar-refractivity contribution in [2.75, 3.05) is 13.2 Å². The van der Waals surface area contributed by atoms with Gasteiger partial charge < -0.3 is 9.64 Å². The second-order valence-corrected chi connectivity index (χ2v) is 9.54. The van der Waals surface area contributed by atoms with Crippen molar-refractivity contribution in [1.29, 1.82) is 0 Å². The van der Waals surface area contributed by atoms with Crippen LogP contribution in [0.4, 0.5) is 4.39 Å². The molecule has 0 bridgehead atoms. The SMILES string of the molecule is CCN(C(=O)COC(=O)C(NS(=O)(=O)c1ccccc1F)C(C)C)C1CCCCC1. The second kappa shape index (κ2) is 10.9. The van der Waals surface area contributed by atoms with Crippen LogP contribution in [0.5, 0.6) is 0 Å². The molecule has 168 valence electrons. The Kier molecular flexibility index (Phi) is 8.78. The molecule has 1 N–H and O–H groups in total. The minimum atomic E-state index is -4.28. The summed E-state index contributed by atoms with van der Waals surface area (Å²) in [7, 11) is -4.28. The summed E-state index contributed by atoms with van der Waals surface area (Å²) in [5, 5.41) is 0. The number of carbonyl (C=O) groups excluding carboxylic acids is 2. The zero-order chi connectivity index (χ0) is 22.3. The van der Waals surface area contributed by atoms with Crippen molar-refractivity contribution in [2.24, 2.45) is 5.92 Å². The Bertz CT molecular complexity index is 838. The summed E-state index contributed by atoms with van der Waals surface area (Å²) >= 11 is 0. The van der Waals surface area contributed by atoms with Gasteiger partial charge in [0.25, 0.3) is 5.91 Å². The molecule has 1 aliphatic rings. The maximum Gasteiger partial charge on any atom is 0.324 e.